The van der Waals surface area contributed by atoms with Crippen molar-refractivity contribution in [1.29, 1.82) is 0 Å². The summed E-state index contributed by atoms with van der Waals surface area (Å²) >= 11 is 0. The third-order valence-electron chi connectivity index (χ3n) is 3.35. The predicted octanol–water partition coefficient (Wildman–Crippen LogP) is 5.17. The molecular weight excluding hydrogens is 258 g/mol. The van der Waals surface area contributed by atoms with Gasteiger partial charge in [-0.3, -0.25) is 0 Å². The van der Waals surface area contributed by atoms with Crippen LogP contribution < -0.4 is 9.64 Å². The van der Waals surface area contributed by atoms with Crippen molar-refractivity contribution in [2.45, 2.75) is 0 Å². The van der Waals surface area contributed by atoms with Crippen LogP contribution >= 0.6 is 0 Å². The van der Waals surface area contributed by atoms with Gasteiger partial charge in [0.25, 0.3) is 0 Å². The molecule has 21 heavy (non-hydrogen) atoms. The van der Waals surface area contributed by atoms with Crippen molar-refractivity contribution in [3.63, 3.8) is 0 Å². The van der Waals surface area contributed by atoms with E-state index in [1.807, 2.05) is 54.6 Å². The van der Waals surface area contributed by atoms with Gasteiger partial charge in [0.15, 0.2) is 0 Å². The molecule has 0 aliphatic carbocycles. The van der Waals surface area contributed by atoms with Crippen molar-refractivity contribution >= 4 is 17.1 Å². The summed E-state index contributed by atoms with van der Waals surface area (Å²) in [6.07, 6.45) is 0. The molecule has 0 saturated carbocycles. The standard InChI is InChI=1S/C19H17NO/c1-21-19-15-9-8-14-18(19)20(16-10-4-2-5-11-16)17-12-6-3-7-13-17/h2-15H,1H3. The molecule has 0 radical (unpaired) electrons. The second-order valence-electron chi connectivity index (χ2n) is 4.68. The zero-order valence-electron chi connectivity index (χ0n) is 11.9. The molecule has 104 valence electrons. The molecule has 0 aromatic heterocycles. The van der Waals surface area contributed by atoms with E-state index in [0.29, 0.717) is 0 Å². The number of para-hydroxylation sites is 4. The van der Waals surface area contributed by atoms with Gasteiger partial charge in [-0.1, -0.05) is 48.5 Å². The highest BCUT2D eigenvalue weighted by molar-refractivity contribution is 5.79. The third-order valence-corrected chi connectivity index (χ3v) is 3.35. The number of rotatable bonds is 4. The molecule has 2 heteroatoms. The van der Waals surface area contributed by atoms with E-state index < -0.39 is 0 Å². The first kappa shape index (κ1) is 13.3. The molecule has 0 unspecified atom stereocenters. The summed E-state index contributed by atoms with van der Waals surface area (Å²) in [5, 5.41) is 0. The van der Waals surface area contributed by atoms with Crippen molar-refractivity contribution in [3.05, 3.63) is 84.9 Å². The lowest BCUT2D eigenvalue weighted by molar-refractivity contribution is 0.416. The van der Waals surface area contributed by atoms with E-state index >= 15 is 0 Å². The van der Waals surface area contributed by atoms with Crippen LogP contribution in [0.1, 0.15) is 0 Å². The first-order valence-electron chi connectivity index (χ1n) is 6.93. The summed E-state index contributed by atoms with van der Waals surface area (Å²) in [6, 6.07) is 28.7. The van der Waals surface area contributed by atoms with Gasteiger partial charge in [-0.2, -0.15) is 0 Å². The molecule has 0 saturated heterocycles. The summed E-state index contributed by atoms with van der Waals surface area (Å²) in [4.78, 5) is 2.19. The number of methoxy groups -OCH3 is 1. The van der Waals surface area contributed by atoms with E-state index in [4.69, 9.17) is 4.74 Å². The molecule has 3 aromatic carbocycles. The van der Waals surface area contributed by atoms with E-state index in [-0.39, 0.29) is 0 Å². The Bertz CT molecular complexity index is 656. The normalized spacial score (nSPS) is 10.1. The Morgan fingerprint density at radius 1 is 0.619 bits per heavy atom. The van der Waals surface area contributed by atoms with Crippen LogP contribution in [0, 0.1) is 0 Å². The van der Waals surface area contributed by atoms with E-state index in [2.05, 4.69) is 35.2 Å². The van der Waals surface area contributed by atoms with Gasteiger partial charge in [-0.25, -0.2) is 0 Å². The second-order valence-corrected chi connectivity index (χ2v) is 4.68. The van der Waals surface area contributed by atoms with Crippen LogP contribution in [0.15, 0.2) is 84.9 Å². The predicted molar refractivity (Wildman–Crippen MR) is 87.7 cm³/mol. The Balaban J connectivity index is 2.17. The minimum Gasteiger partial charge on any atom is -0.495 e. The maximum absolute atomic E-state index is 5.53. The highest BCUT2D eigenvalue weighted by atomic mass is 16.5. The Morgan fingerprint density at radius 3 is 1.62 bits per heavy atom. The van der Waals surface area contributed by atoms with Gasteiger partial charge >= 0.3 is 0 Å². The molecule has 0 amide bonds. The molecule has 0 atom stereocenters. The molecule has 0 N–H and O–H groups in total. The van der Waals surface area contributed by atoms with Crippen LogP contribution in [0.3, 0.4) is 0 Å². The van der Waals surface area contributed by atoms with Gasteiger partial charge in [-0.05, 0) is 36.4 Å². The fourth-order valence-corrected chi connectivity index (χ4v) is 2.40. The first-order valence-corrected chi connectivity index (χ1v) is 6.93. The SMILES string of the molecule is COc1ccccc1N(c1ccccc1)c1ccccc1. The van der Waals surface area contributed by atoms with E-state index in [9.17, 15) is 0 Å². The lowest BCUT2D eigenvalue weighted by atomic mass is 10.2. The summed E-state index contributed by atoms with van der Waals surface area (Å²) < 4.78 is 5.53. The van der Waals surface area contributed by atoms with Crippen molar-refractivity contribution < 1.29 is 4.74 Å². The van der Waals surface area contributed by atoms with Gasteiger partial charge in [-0.15, -0.1) is 0 Å². The number of hydrogen-bond acceptors (Lipinski definition) is 2. The fraction of sp³-hybridized carbons (Fsp3) is 0.0526. The number of ether oxygens (including phenoxy) is 1. The van der Waals surface area contributed by atoms with Crippen molar-refractivity contribution in [2.75, 3.05) is 12.0 Å². The summed E-state index contributed by atoms with van der Waals surface area (Å²) in [5.41, 5.74) is 3.24. The van der Waals surface area contributed by atoms with Gasteiger partial charge < -0.3 is 9.64 Å². The largest absolute Gasteiger partial charge is 0.495 e. The minimum absolute atomic E-state index is 0.852. The van der Waals surface area contributed by atoms with E-state index in [0.717, 1.165) is 22.8 Å². The molecule has 2 nitrogen and oxygen atoms in total. The highest BCUT2D eigenvalue weighted by Gasteiger charge is 2.15. The van der Waals surface area contributed by atoms with Crippen LogP contribution in [0.5, 0.6) is 5.75 Å². The van der Waals surface area contributed by atoms with Crippen molar-refractivity contribution in [2.24, 2.45) is 0 Å². The molecule has 0 spiro atoms. The van der Waals surface area contributed by atoms with Gasteiger partial charge in [0.2, 0.25) is 0 Å². The number of nitrogens with zero attached hydrogens (tertiary/aromatic N) is 1. The summed E-state index contributed by atoms with van der Waals surface area (Å²) in [5.74, 6) is 0.852. The molecule has 3 rings (SSSR count). The van der Waals surface area contributed by atoms with Crippen LogP contribution in [0.4, 0.5) is 17.1 Å². The molecule has 3 aromatic rings. The molecule has 0 heterocycles. The lowest BCUT2D eigenvalue weighted by Gasteiger charge is -2.26. The molecule has 0 fully saturated rings. The quantitative estimate of drug-likeness (QED) is 0.651. The third kappa shape index (κ3) is 2.75. The maximum Gasteiger partial charge on any atom is 0.142 e. The number of benzene rings is 3. The first-order chi connectivity index (χ1) is 10.4. The van der Waals surface area contributed by atoms with Crippen molar-refractivity contribution in [1.82, 2.24) is 0 Å². The van der Waals surface area contributed by atoms with Crippen LogP contribution in [0.25, 0.3) is 0 Å². The highest BCUT2D eigenvalue weighted by Crippen LogP contribution is 2.39. The summed E-state index contributed by atoms with van der Waals surface area (Å²) in [6.45, 7) is 0. The Morgan fingerprint density at radius 2 is 1.10 bits per heavy atom. The van der Waals surface area contributed by atoms with Gasteiger partial charge in [0.1, 0.15) is 5.75 Å². The molecule has 0 aliphatic rings. The Hall–Kier alpha value is -2.74. The Kier molecular flexibility index (Phi) is 3.88. The number of anilines is 3. The van der Waals surface area contributed by atoms with E-state index in [1.54, 1.807) is 7.11 Å². The van der Waals surface area contributed by atoms with E-state index in [1.165, 1.54) is 0 Å². The van der Waals surface area contributed by atoms with Gasteiger partial charge in [0, 0.05) is 11.4 Å². The van der Waals surface area contributed by atoms with Crippen LogP contribution in [0.2, 0.25) is 0 Å². The average Bonchev–Trinajstić information content (AvgIpc) is 2.58. The van der Waals surface area contributed by atoms with Gasteiger partial charge in [0.05, 0.1) is 12.8 Å². The van der Waals surface area contributed by atoms with Crippen LogP contribution in [-0.2, 0) is 0 Å². The molecular formula is C19H17NO. The minimum atomic E-state index is 0.852. The Labute approximate surface area is 125 Å². The number of hydrogen-bond donors (Lipinski definition) is 0. The lowest BCUT2D eigenvalue weighted by Crippen LogP contribution is -2.10. The van der Waals surface area contributed by atoms with Crippen LogP contribution in [-0.4, -0.2) is 7.11 Å². The second kappa shape index (κ2) is 6.14. The fourth-order valence-electron chi connectivity index (χ4n) is 2.40. The zero-order chi connectivity index (χ0) is 14.5. The maximum atomic E-state index is 5.53. The topological polar surface area (TPSA) is 12.5 Å². The molecule has 0 aliphatic heterocycles. The smallest absolute Gasteiger partial charge is 0.142 e. The average molecular weight is 275 g/mol. The zero-order valence-corrected chi connectivity index (χ0v) is 11.9. The molecule has 0 bridgehead atoms. The summed E-state index contributed by atoms with van der Waals surface area (Å²) in [7, 11) is 1.70. The van der Waals surface area contributed by atoms with Crippen molar-refractivity contribution in [3.8, 4) is 5.75 Å². The monoisotopic (exact) mass is 275 g/mol.